The van der Waals surface area contributed by atoms with Gasteiger partial charge >= 0.3 is 0 Å². The summed E-state index contributed by atoms with van der Waals surface area (Å²) in [7, 11) is 0. The molecule has 0 amide bonds. The Labute approximate surface area is 156 Å². The van der Waals surface area contributed by atoms with E-state index in [0.29, 0.717) is 13.2 Å². The largest absolute Gasteiger partial charge is 0.373 e. The molecule has 0 bridgehead atoms. The molecule has 1 heterocycles. The monoisotopic (exact) mass is 361 g/mol. The molecule has 1 aliphatic heterocycles. The number of hydrogen-bond donors (Lipinski definition) is 0. The molecule has 1 saturated heterocycles. The van der Waals surface area contributed by atoms with Crippen molar-refractivity contribution in [1.29, 1.82) is 0 Å². The molecule has 144 valence electrons. The summed E-state index contributed by atoms with van der Waals surface area (Å²) >= 11 is 0. The predicted octanol–water partition coefficient (Wildman–Crippen LogP) is 5.37. The summed E-state index contributed by atoms with van der Waals surface area (Å²) in [5, 5.41) is 3.99. The van der Waals surface area contributed by atoms with Crippen molar-refractivity contribution in [2.75, 3.05) is 13.2 Å². The Morgan fingerprint density at radius 3 is 2.81 bits per heavy atom. The standard InChI is InChI=1S/C20H31N3O3/c1-2-19(26-16-17-10-4-3-5-11-17)18(22-23-21)12-6-8-14-24-20-13-7-9-15-25-20/h3-5,10-11,18-20H,2,6-9,12-16H2,1H3/t18-,19-,20?/m0/s1. The Morgan fingerprint density at radius 1 is 1.27 bits per heavy atom. The van der Waals surface area contributed by atoms with Crippen LogP contribution in [0.1, 0.15) is 57.4 Å². The van der Waals surface area contributed by atoms with E-state index < -0.39 is 0 Å². The molecule has 6 nitrogen and oxygen atoms in total. The first-order chi connectivity index (χ1) is 12.8. The fourth-order valence-electron chi connectivity index (χ4n) is 3.18. The van der Waals surface area contributed by atoms with Crippen molar-refractivity contribution >= 4 is 0 Å². The molecule has 3 atom stereocenters. The third kappa shape index (κ3) is 7.75. The van der Waals surface area contributed by atoms with Gasteiger partial charge in [-0.15, -0.1) is 0 Å². The number of benzene rings is 1. The van der Waals surface area contributed by atoms with Crippen LogP contribution in [0.25, 0.3) is 10.4 Å². The van der Waals surface area contributed by atoms with Crippen LogP contribution >= 0.6 is 0 Å². The first kappa shape index (κ1) is 20.7. The molecule has 2 rings (SSSR count). The highest BCUT2D eigenvalue weighted by molar-refractivity contribution is 5.13. The summed E-state index contributed by atoms with van der Waals surface area (Å²) in [5.74, 6) is 0. The molecule has 1 aromatic rings. The van der Waals surface area contributed by atoms with Gasteiger partial charge in [0, 0.05) is 18.1 Å². The van der Waals surface area contributed by atoms with E-state index >= 15 is 0 Å². The molecule has 0 aliphatic carbocycles. The SMILES string of the molecule is CC[C@H](OCc1ccccc1)[C@H](CCCCOC1CCCCO1)N=[N+]=[N-]. The molecule has 6 heteroatoms. The molecular weight excluding hydrogens is 330 g/mol. The van der Waals surface area contributed by atoms with Gasteiger partial charge in [0.2, 0.25) is 0 Å². The highest BCUT2D eigenvalue weighted by atomic mass is 16.7. The van der Waals surface area contributed by atoms with Gasteiger partial charge in [-0.1, -0.05) is 48.8 Å². The molecule has 0 saturated carbocycles. The second-order valence-corrected chi connectivity index (χ2v) is 6.68. The lowest BCUT2D eigenvalue weighted by molar-refractivity contribution is -0.162. The van der Waals surface area contributed by atoms with E-state index in [2.05, 4.69) is 16.9 Å². The predicted molar refractivity (Wildman–Crippen MR) is 102 cm³/mol. The van der Waals surface area contributed by atoms with Crippen molar-refractivity contribution in [3.8, 4) is 0 Å². The zero-order chi connectivity index (χ0) is 18.5. The van der Waals surface area contributed by atoms with Crippen molar-refractivity contribution in [2.24, 2.45) is 5.11 Å². The number of rotatable bonds is 12. The fourth-order valence-corrected chi connectivity index (χ4v) is 3.18. The van der Waals surface area contributed by atoms with Gasteiger partial charge in [-0.25, -0.2) is 0 Å². The van der Waals surface area contributed by atoms with Crippen molar-refractivity contribution in [3.05, 3.63) is 46.3 Å². The fraction of sp³-hybridized carbons (Fsp3) is 0.700. The molecule has 26 heavy (non-hydrogen) atoms. The van der Waals surface area contributed by atoms with E-state index in [4.69, 9.17) is 19.7 Å². The number of unbranched alkanes of at least 4 members (excludes halogenated alkanes) is 1. The molecule has 1 aliphatic rings. The van der Waals surface area contributed by atoms with E-state index in [-0.39, 0.29) is 18.4 Å². The van der Waals surface area contributed by atoms with Crippen LogP contribution in [0, 0.1) is 0 Å². The van der Waals surface area contributed by atoms with Crippen LogP contribution in [-0.2, 0) is 20.8 Å². The lowest BCUT2D eigenvalue weighted by Crippen LogP contribution is -2.27. The van der Waals surface area contributed by atoms with E-state index in [1.54, 1.807) is 0 Å². The first-order valence-electron chi connectivity index (χ1n) is 9.76. The van der Waals surface area contributed by atoms with Crippen LogP contribution in [0.2, 0.25) is 0 Å². The van der Waals surface area contributed by atoms with Crippen molar-refractivity contribution < 1.29 is 14.2 Å². The number of azide groups is 1. The van der Waals surface area contributed by atoms with Gasteiger partial charge in [-0.2, -0.15) is 0 Å². The third-order valence-corrected chi connectivity index (χ3v) is 4.67. The average molecular weight is 361 g/mol. The Morgan fingerprint density at radius 2 is 2.12 bits per heavy atom. The maximum absolute atomic E-state index is 8.90. The van der Waals surface area contributed by atoms with Crippen LogP contribution in [0.15, 0.2) is 35.4 Å². The minimum Gasteiger partial charge on any atom is -0.373 e. The maximum Gasteiger partial charge on any atom is 0.157 e. The van der Waals surface area contributed by atoms with E-state index in [9.17, 15) is 0 Å². The van der Waals surface area contributed by atoms with Gasteiger partial charge in [-0.3, -0.25) is 0 Å². The zero-order valence-electron chi connectivity index (χ0n) is 15.8. The first-order valence-corrected chi connectivity index (χ1v) is 9.76. The van der Waals surface area contributed by atoms with Crippen LogP contribution in [0.3, 0.4) is 0 Å². The summed E-state index contributed by atoms with van der Waals surface area (Å²) in [6, 6.07) is 9.94. The Kier molecular flexibility index (Phi) is 10.1. The summed E-state index contributed by atoms with van der Waals surface area (Å²) in [6.07, 6.45) is 6.73. The summed E-state index contributed by atoms with van der Waals surface area (Å²) in [4.78, 5) is 3.03. The molecule has 1 unspecified atom stereocenters. The van der Waals surface area contributed by atoms with Crippen molar-refractivity contribution in [2.45, 2.75) is 76.9 Å². The van der Waals surface area contributed by atoms with Gasteiger partial charge in [0.1, 0.15) is 0 Å². The summed E-state index contributed by atoms with van der Waals surface area (Å²) < 4.78 is 17.4. The van der Waals surface area contributed by atoms with Crippen molar-refractivity contribution in [3.63, 3.8) is 0 Å². The van der Waals surface area contributed by atoms with Gasteiger partial charge in [0.15, 0.2) is 6.29 Å². The van der Waals surface area contributed by atoms with Crippen LogP contribution in [0.4, 0.5) is 0 Å². The quantitative estimate of drug-likeness (QED) is 0.217. The molecule has 1 aromatic carbocycles. The lowest BCUT2D eigenvalue weighted by Gasteiger charge is -2.24. The molecule has 0 radical (unpaired) electrons. The topological polar surface area (TPSA) is 76.5 Å². The number of nitrogens with zero attached hydrogens (tertiary/aromatic N) is 3. The zero-order valence-corrected chi connectivity index (χ0v) is 15.8. The van der Waals surface area contributed by atoms with Gasteiger partial charge in [0.25, 0.3) is 0 Å². The van der Waals surface area contributed by atoms with Crippen LogP contribution in [-0.4, -0.2) is 31.6 Å². The molecule has 0 spiro atoms. The van der Waals surface area contributed by atoms with Gasteiger partial charge in [0.05, 0.1) is 18.8 Å². The molecule has 0 N–H and O–H groups in total. The lowest BCUT2D eigenvalue weighted by atomic mass is 10.0. The number of ether oxygens (including phenoxy) is 3. The van der Waals surface area contributed by atoms with E-state index in [1.807, 2.05) is 30.3 Å². The average Bonchev–Trinajstić information content (AvgIpc) is 2.69. The third-order valence-electron chi connectivity index (χ3n) is 4.67. The summed E-state index contributed by atoms with van der Waals surface area (Å²) in [5.41, 5.74) is 10.0. The Bertz CT molecular complexity index is 528. The normalized spacial score (nSPS) is 19.5. The minimum atomic E-state index is -0.139. The van der Waals surface area contributed by atoms with E-state index in [0.717, 1.165) is 50.7 Å². The Hall–Kier alpha value is -1.59. The van der Waals surface area contributed by atoms with Crippen LogP contribution < -0.4 is 0 Å². The Balaban J connectivity index is 1.70. The minimum absolute atomic E-state index is 0.0331. The molecule has 1 fully saturated rings. The second-order valence-electron chi connectivity index (χ2n) is 6.68. The molecule has 0 aromatic heterocycles. The second kappa shape index (κ2) is 12.7. The smallest absolute Gasteiger partial charge is 0.157 e. The van der Waals surface area contributed by atoms with Gasteiger partial charge in [-0.05, 0) is 49.6 Å². The number of hydrogen-bond acceptors (Lipinski definition) is 4. The van der Waals surface area contributed by atoms with Crippen molar-refractivity contribution in [1.82, 2.24) is 0 Å². The molecular formula is C20H31N3O3. The summed E-state index contributed by atoms with van der Waals surface area (Å²) in [6.45, 7) is 4.11. The van der Waals surface area contributed by atoms with Crippen LogP contribution in [0.5, 0.6) is 0 Å². The van der Waals surface area contributed by atoms with E-state index in [1.165, 1.54) is 6.42 Å². The van der Waals surface area contributed by atoms with Gasteiger partial charge < -0.3 is 14.2 Å². The highest BCUT2D eigenvalue weighted by Gasteiger charge is 2.20. The maximum atomic E-state index is 8.90. The highest BCUT2D eigenvalue weighted by Crippen LogP contribution is 2.18.